The van der Waals surface area contributed by atoms with E-state index in [1.807, 2.05) is 6.92 Å². The fourth-order valence-corrected chi connectivity index (χ4v) is 1.63. The van der Waals surface area contributed by atoms with Gasteiger partial charge in [-0.3, -0.25) is 9.48 Å². The monoisotopic (exact) mass is 281 g/mol. The molecule has 0 aromatic carbocycles. The predicted molar refractivity (Wildman–Crippen MR) is 75.4 cm³/mol. The van der Waals surface area contributed by atoms with Crippen molar-refractivity contribution in [3.05, 3.63) is 17.5 Å². The molecular weight excluding hydrogens is 258 g/mol. The summed E-state index contributed by atoms with van der Waals surface area (Å²) in [7, 11) is 1.70. The molecule has 0 aliphatic rings. The number of nitrogens with one attached hydrogen (secondary N) is 1. The molecule has 1 aromatic heterocycles. The van der Waals surface area contributed by atoms with Crippen LogP contribution in [0.25, 0.3) is 0 Å². The fourth-order valence-electron chi connectivity index (χ4n) is 1.63. The first-order valence-electron chi connectivity index (χ1n) is 6.70. The summed E-state index contributed by atoms with van der Waals surface area (Å²) in [6.07, 6.45) is 0.753. The summed E-state index contributed by atoms with van der Waals surface area (Å²) >= 11 is 0. The summed E-state index contributed by atoms with van der Waals surface area (Å²) in [5.41, 5.74) is 0.692. The van der Waals surface area contributed by atoms with Gasteiger partial charge in [-0.1, -0.05) is 6.92 Å². The number of ether oxygens (including phenoxy) is 1. The molecule has 0 saturated heterocycles. The molecule has 0 saturated carbocycles. The summed E-state index contributed by atoms with van der Waals surface area (Å²) < 4.78 is 6.73. The minimum absolute atomic E-state index is 0.335. The van der Waals surface area contributed by atoms with Gasteiger partial charge in [0.1, 0.15) is 17.3 Å². The third kappa shape index (κ3) is 4.36. The summed E-state index contributed by atoms with van der Waals surface area (Å²) in [5.74, 6) is -0.790. The highest BCUT2D eigenvalue weighted by Crippen LogP contribution is 2.09. The van der Waals surface area contributed by atoms with Crippen molar-refractivity contribution in [1.29, 1.82) is 0 Å². The highest BCUT2D eigenvalue weighted by molar-refractivity contribution is 5.95. The van der Waals surface area contributed by atoms with Gasteiger partial charge in [0.2, 0.25) is 0 Å². The molecule has 1 rings (SSSR count). The Balaban J connectivity index is 2.70. The van der Waals surface area contributed by atoms with Crippen molar-refractivity contribution in [2.45, 2.75) is 52.7 Å². The zero-order chi connectivity index (χ0) is 15.5. The summed E-state index contributed by atoms with van der Waals surface area (Å²) in [6, 6.07) is 1.01. The zero-order valence-electron chi connectivity index (χ0n) is 13.0. The molecule has 0 radical (unpaired) electrons. The van der Waals surface area contributed by atoms with Gasteiger partial charge < -0.3 is 10.1 Å². The van der Waals surface area contributed by atoms with Crippen LogP contribution in [0.2, 0.25) is 0 Å². The first-order chi connectivity index (χ1) is 9.14. The lowest BCUT2D eigenvalue weighted by molar-refractivity contribution is -0.156. The molecule has 0 aliphatic heterocycles. The highest BCUT2D eigenvalue weighted by atomic mass is 16.6. The Hall–Kier alpha value is -1.85. The van der Waals surface area contributed by atoms with Crippen LogP contribution >= 0.6 is 0 Å². The molecule has 0 bridgehead atoms. The lowest BCUT2D eigenvalue weighted by atomic mass is 10.2. The van der Waals surface area contributed by atoms with E-state index in [-0.39, 0.29) is 5.91 Å². The average Bonchev–Trinajstić information content (AvgIpc) is 2.68. The molecular formula is C14H23N3O3. The average molecular weight is 281 g/mol. The van der Waals surface area contributed by atoms with Crippen molar-refractivity contribution in [3.63, 3.8) is 0 Å². The number of carbonyl (C=O) groups excluding carboxylic acids is 2. The normalized spacial score (nSPS) is 12.9. The Kier molecular flexibility index (Phi) is 4.92. The van der Waals surface area contributed by atoms with Crippen LogP contribution in [0.1, 0.15) is 50.8 Å². The number of aryl methyl sites for hydroxylation is 2. The van der Waals surface area contributed by atoms with Gasteiger partial charge in [0.25, 0.3) is 5.91 Å². The third-order valence-electron chi connectivity index (χ3n) is 2.63. The molecule has 1 heterocycles. The van der Waals surface area contributed by atoms with Gasteiger partial charge in [0, 0.05) is 7.05 Å². The number of hydrogen-bond donors (Lipinski definition) is 1. The standard InChI is InChI=1S/C14H23N3O3/c1-7-10-8-11(17(6)16-10)12(18)15-9(2)13(19)20-14(3,4)5/h8-9H,7H2,1-6H3,(H,15,18)/t9-/m0/s1. The van der Waals surface area contributed by atoms with Gasteiger partial charge in [0.05, 0.1) is 5.69 Å². The molecule has 1 aromatic rings. The second-order valence-electron chi connectivity index (χ2n) is 5.73. The summed E-state index contributed by atoms with van der Waals surface area (Å²) in [5, 5.41) is 6.82. The van der Waals surface area contributed by atoms with Crippen LogP contribution in [0.3, 0.4) is 0 Å². The number of hydrogen-bond acceptors (Lipinski definition) is 4. The molecule has 0 spiro atoms. The van der Waals surface area contributed by atoms with Gasteiger partial charge in [-0.2, -0.15) is 5.10 Å². The van der Waals surface area contributed by atoms with E-state index < -0.39 is 17.6 Å². The minimum atomic E-state index is -0.707. The molecule has 1 N–H and O–H groups in total. The largest absolute Gasteiger partial charge is 0.458 e. The van der Waals surface area contributed by atoms with E-state index in [0.717, 1.165) is 12.1 Å². The molecule has 0 aliphatic carbocycles. The van der Waals surface area contributed by atoms with Crippen molar-refractivity contribution < 1.29 is 14.3 Å². The second kappa shape index (κ2) is 6.07. The van der Waals surface area contributed by atoms with Crippen molar-refractivity contribution in [3.8, 4) is 0 Å². The number of carbonyl (C=O) groups is 2. The quantitative estimate of drug-likeness (QED) is 0.848. The van der Waals surface area contributed by atoms with Crippen molar-refractivity contribution in [2.24, 2.45) is 7.05 Å². The van der Waals surface area contributed by atoms with Crippen LogP contribution in [0.15, 0.2) is 6.07 Å². The van der Waals surface area contributed by atoms with Gasteiger partial charge >= 0.3 is 5.97 Å². The molecule has 6 heteroatoms. The lowest BCUT2D eigenvalue weighted by Crippen LogP contribution is -2.42. The molecule has 6 nitrogen and oxygen atoms in total. The zero-order valence-corrected chi connectivity index (χ0v) is 13.0. The Labute approximate surface area is 119 Å². The number of esters is 1. The molecule has 112 valence electrons. The Morgan fingerprint density at radius 1 is 1.45 bits per heavy atom. The predicted octanol–water partition coefficient (Wildman–Crippen LogP) is 1.44. The Morgan fingerprint density at radius 2 is 2.05 bits per heavy atom. The van der Waals surface area contributed by atoms with Gasteiger partial charge in [-0.25, -0.2) is 4.79 Å². The van der Waals surface area contributed by atoms with Crippen LogP contribution < -0.4 is 5.32 Å². The second-order valence-corrected chi connectivity index (χ2v) is 5.73. The molecule has 1 atom stereocenters. The van der Waals surface area contributed by atoms with Crippen molar-refractivity contribution in [2.75, 3.05) is 0 Å². The van der Waals surface area contributed by atoms with Crippen LogP contribution in [0.4, 0.5) is 0 Å². The van der Waals surface area contributed by atoms with Crippen LogP contribution in [0, 0.1) is 0 Å². The molecule has 1 amide bonds. The lowest BCUT2D eigenvalue weighted by Gasteiger charge is -2.22. The highest BCUT2D eigenvalue weighted by Gasteiger charge is 2.24. The minimum Gasteiger partial charge on any atom is -0.458 e. The number of amides is 1. The molecule has 20 heavy (non-hydrogen) atoms. The first-order valence-corrected chi connectivity index (χ1v) is 6.70. The molecule has 0 unspecified atom stereocenters. The summed E-state index contributed by atoms with van der Waals surface area (Å²) in [6.45, 7) is 8.92. The van der Waals surface area contributed by atoms with E-state index in [9.17, 15) is 9.59 Å². The van der Waals surface area contributed by atoms with Crippen molar-refractivity contribution in [1.82, 2.24) is 15.1 Å². The van der Waals surface area contributed by atoms with Crippen LogP contribution in [0.5, 0.6) is 0 Å². The van der Waals surface area contributed by atoms with Gasteiger partial charge in [0.15, 0.2) is 0 Å². The Bertz CT molecular complexity index is 500. The van der Waals surface area contributed by atoms with E-state index >= 15 is 0 Å². The SMILES string of the molecule is CCc1cc(C(=O)N[C@@H](C)C(=O)OC(C)(C)C)n(C)n1. The Morgan fingerprint density at radius 3 is 2.50 bits per heavy atom. The number of aromatic nitrogens is 2. The smallest absolute Gasteiger partial charge is 0.328 e. The van der Waals surface area contributed by atoms with Crippen LogP contribution in [-0.2, 0) is 23.0 Å². The maximum Gasteiger partial charge on any atom is 0.328 e. The maximum atomic E-state index is 12.1. The van der Waals surface area contributed by atoms with Gasteiger partial charge in [-0.15, -0.1) is 0 Å². The van der Waals surface area contributed by atoms with E-state index in [1.54, 1.807) is 40.8 Å². The first kappa shape index (κ1) is 16.2. The van der Waals surface area contributed by atoms with E-state index in [2.05, 4.69) is 10.4 Å². The fraction of sp³-hybridized carbons (Fsp3) is 0.643. The number of nitrogens with zero attached hydrogens (tertiary/aromatic N) is 2. The third-order valence-corrected chi connectivity index (χ3v) is 2.63. The summed E-state index contributed by atoms with van der Waals surface area (Å²) in [4.78, 5) is 23.9. The van der Waals surface area contributed by atoms with E-state index in [0.29, 0.717) is 5.69 Å². The van der Waals surface area contributed by atoms with Crippen LogP contribution in [-0.4, -0.2) is 33.3 Å². The van der Waals surface area contributed by atoms with E-state index in [1.165, 1.54) is 4.68 Å². The maximum absolute atomic E-state index is 12.1. The van der Waals surface area contributed by atoms with Crippen molar-refractivity contribution >= 4 is 11.9 Å². The van der Waals surface area contributed by atoms with E-state index in [4.69, 9.17) is 4.74 Å². The topological polar surface area (TPSA) is 73.2 Å². The molecule has 0 fully saturated rings. The number of rotatable bonds is 4. The van der Waals surface area contributed by atoms with Gasteiger partial charge in [-0.05, 0) is 40.2 Å².